The van der Waals surface area contributed by atoms with E-state index in [9.17, 15) is 0 Å². The van der Waals surface area contributed by atoms with Crippen LogP contribution in [0.3, 0.4) is 0 Å². The van der Waals surface area contributed by atoms with E-state index < -0.39 is 0 Å². The molecule has 0 unspecified atom stereocenters. The molecule has 0 fully saturated rings. The summed E-state index contributed by atoms with van der Waals surface area (Å²) in [6, 6.07) is 12.1. The second-order valence-electron chi connectivity index (χ2n) is 4.86. The van der Waals surface area contributed by atoms with Gasteiger partial charge in [0.2, 0.25) is 0 Å². The smallest absolute Gasteiger partial charge is 0.139 e. The number of ether oxygens (including phenoxy) is 1. The number of nitrogens with two attached hydrogens (primary N) is 1. The van der Waals surface area contributed by atoms with Gasteiger partial charge in [-0.3, -0.25) is 4.90 Å². The third kappa shape index (κ3) is 2.89. The molecule has 3 rings (SSSR count). The third-order valence-corrected chi connectivity index (χ3v) is 3.41. The molecule has 1 aliphatic heterocycles. The Hall–Kier alpha value is -2.11. The SMILES string of the molecule is NNc1ccc(CN2CCOc3ccccc3C2)cn1. The first kappa shape index (κ1) is 12.9. The Morgan fingerprint density at radius 3 is 2.95 bits per heavy atom. The van der Waals surface area contributed by atoms with Crippen LogP contribution < -0.4 is 16.0 Å². The average Bonchev–Trinajstić information content (AvgIpc) is 2.69. The third-order valence-electron chi connectivity index (χ3n) is 3.41. The molecule has 20 heavy (non-hydrogen) atoms. The Bertz CT molecular complexity index is 570. The van der Waals surface area contributed by atoms with E-state index in [1.54, 1.807) is 0 Å². The molecular weight excluding hydrogens is 252 g/mol. The molecular formula is C15H18N4O. The lowest BCUT2D eigenvalue weighted by Gasteiger charge is -2.19. The first-order chi connectivity index (χ1) is 9.85. The first-order valence-electron chi connectivity index (χ1n) is 6.70. The zero-order chi connectivity index (χ0) is 13.8. The number of anilines is 1. The molecule has 5 nitrogen and oxygen atoms in total. The number of nitrogens with one attached hydrogen (secondary N) is 1. The van der Waals surface area contributed by atoms with E-state index in [1.165, 1.54) is 11.1 Å². The Morgan fingerprint density at radius 2 is 2.15 bits per heavy atom. The van der Waals surface area contributed by atoms with Crippen molar-refractivity contribution in [1.29, 1.82) is 0 Å². The molecule has 2 aromatic rings. The Balaban J connectivity index is 1.71. The van der Waals surface area contributed by atoms with E-state index in [2.05, 4.69) is 27.4 Å². The molecule has 5 heteroatoms. The van der Waals surface area contributed by atoms with Crippen LogP contribution >= 0.6 is 0 Å². The van der Waals surface area contributed by atoms with Crippen molar-refractivity contribution in [2.75, 3.05) is 18.6 Å². The maximum atomic E-state index is 5.77. The molecule has 0 aliphatic carbocycles. The van der Waals surface area contributed by atoms with Gasteiger partial charge in [-0.1, -0.05) is 24.3 Å². The van der Waals surface area contributed by atoms with Gasteiger partial charge in [0.15, 0.2) is 0 Å². The van der Waals surface area contributed by atoms with Crippen molar-refractivity contribution in [2.45, 2.75) is 13.1 Å². The van der Waals surface area contributed by atoms with Crippen LogP contribution in [-0.4, -0.2) is 23.0 Å². The summed E-state index contributed by atoms with van der Waals surface area (Å²) >= 11 is 0. The van der Waals surface area contributed by atoms with Gasteiger partial charge < -0.3 is 10.2 Å². The number of hydrogen-bond acceptors (Lipinski definition) is 5. The molecule has 0 bridgehead atoms. The van der Waals surface area contributed by atoms with Crippen LogP contribution in [-0.2, 0) is 13.1 Å². The minimum Gasteiger partial charge on any atom is -0.492 e. The molecule has 1 aromatic carbocycles. The maximum absolute atomic E-state index is 5.77. The van der Waals surface area contributed by atoms with E-state index >= 15 is 0 Å². The topological polar surface area (TPSA) is 63.4 Å². The van der Waals surface area contributed by atoms with Gasteiger partial charge >= 0.3 is 0 Å². The van der Waals surface area contributed by atoms with E-state index in [0.717, 1.165) is 25.4 Å². The summed E-state index contributed by atoms with van der Waals surface area (Å²) in [6.07, 6.45) is 1.85. The number of fused-ring (bicyclic) bond motifs is 1. The fourth-order valence-corrected chi connectivity index (χ4v) is 2.38. The highest BCUT2D eigenvalue weighted by molar-refractivity contribution is 5.35. The van der Waals surface area contributed by atoms with Crippen LogP contribution in [0.4, 0.5) is 5.82 Å². The standard InChI is InChI=1S/C15H18N4O/c16-18-15-6-5-12(9-17-15)10-19-7-8-20-14-4-2-1-3-13(14)11-19/h1-6,9H,7-8,10-11,16H2,(H,17,18). The monoisotopic (exact) mass is 270 g/mol. The summed E-state index contributed by atoms with van der Waals surface area (Å²) in [4.78, 5) is 6.60. The molecule has 1 aliphatic rings. The van der Waals surface area contributed by atoms with Crippen molar-refractivity contribution in [2.24, 2.45) is 5.84 Å². The van der Waals surface area contributed by atoms with Crippen LogP contribution in [0.2, 0.25) is 0 Å². The van der Waals surface area contributed by atoms with Crippen molar-refractivity contribution in [1.82, 2.24) is 9.88 Å². The minimum atomic E-state index is 0.679. The van der Waals surface area contributed by atoms with Gasteiger partial charge in [0.05, 0.1) is 0 Å². The normalized spacial score (nSPS) is 15.1. The van der Waals surface area contributed by atoms with Crippen LogP contribution in [0.25, 0.3) is 0 Å². The van der Waals surface area contributed by atoms with Crippen molar-refractivity contribution >= 4 is 5.82 Å². The molecule has 0 radical (unpaired) electrons. The summed E-state index contributed by atoms with van der Waals surface area (Å²) in [7, 11) is 0. The number of hydrogen-bond donors (Lipinski definition) is 2. The van der Waals surface area contributed by atoms with Crippen molar-refractivity contribution in [3.8, 4) is 5.75 Å². The summed E-state index contributed by atoms with van der Waals surface area (Å²) in [5, 5.41) is 0. The van der Waals surface area contributed by atoms with Gasteiger partial charge in [-0.25, -0.2) is 10.8 Å². The second-order valence-corrected chi connectivity index (χ2v) is 4.86. The number of benzene rings is 1. The van der Waals surface area contributed by atoms with Gasteiger partial charge in [0.25, 0.3) is 0 Å². The van der Waals surface area contributed by atoms with E-state index in [-0.39, 0.29) is 0 Å². The minimum absolute atomic E-state index is 0.679. The lowest BCUT2D eigenvalue weighted by molar-refractivity contribution is 0.219. The first-order valence-corrected chi connectivity index (χ1v) is 6.70. The van der Waals surface area contributed by atoms with E-state index in [4.69, 9.17) is 10.6 Å². The number of hydrazine groups is 1. The number of aromatic nitrogens is 1. The maximum Gasteiger partial charge on any atom is 0.139 e. The number of pyridine rings is 1. The number of para-hydroxylation sites is 1. The predicted octanol–water partition coefficient (Wildman–Crippen LogP) is 1.76. The summed E-state index contributed by atoms with van der Waals surface area (Å²) in [5.74, 6) is 6.99. The van der Waals surface area contributed by atoms with Crippen LogP contribution in [0.1, 0.15) is 11.1 Å². The largest absolute Gasteiger partial charge is 0.492 e. The molecule has 0 spiro atoms. The van der Waals surface area contributed by atoms with Crippen molar-refractivity contribution in [3.05, 3.63) is 53.7 Å². The van der Waals surface area contributed by atoms with Gasteiger partial charge in [-0.05, 0) is 17.7 Å². The second kappa shape index (κ2) is 5.90. The quantitative estimate of drug-likeness (QED) is 0.657. The van der Waals surface area contributed by atoms with Gasteiger partial charge in [-0.2, -0.15) is 0 Å². The predicted molar refractivity (Wildman–Crippen MR) is 78.1 cm³/mol. The van der Waals surface area contributed by atoms with Gasteiger partial charge in [-0.15, -0.1) is 0 Å². The summed E-state index contributed by atoms with van der Waals surface area (Å²) in [5.41, 5.74) is 4.94. The molecule has 0 amide bonds. The van der Waals surface area contributed by atoms with Crippen LogP contribution in [0, 0.1) is 0 Å². The molecule has 1 aromatic heterocycles. The fourth-order valence-electron chi connectivity index (χ4n) is 2.38. The molecule has 0 atom stereocenters. The van der Waals surface area contributed by atoms with Crippen molar-refractivity contribution < 1.29 is 4.74 Å². The fraction of sp³-hybridized carbons (Fsp3) is 0.267. The zero-order valence-electron chi connectivity index (χ0n) is 11.2. The summed E-state index contributed by atoms with van der Waals surface area (Å²) in [6.45, 7) is 3.38. The lowest BCUT2D eigenvalue weighted by Crippen LogP contribution is -2.25. The molecule has 104 valence electrons. The highest BCUT2D eigenvalue weighted by Crippen LogP contribution is 2.23. The average molecular weight is 270 g/mol. The van der Waals surface area contributed by atoms with Crippen LogP contribution in [0.15, 0.2) is 42.6 Å². The van der Waals surface area contributed by atoms with Crippen LogP contribution in [0.5, 0.6) is 5.75 Å². The Labute approximate surface area is 118 Å². The Morgan fingerprint density at radius 1 is 1.25 bits per heavy atom. The van der Waals surface area contributed by atoms with Gasteiger partial charge in [0.1, 0.15) is 18.2 Å². The number of nitrogen functional groups attached to an aromatic ring is 1. The lowest BCUT2D eigenvalue weighted by atomic mass is 10.2. The highest BCUT2D eigenvalue weighted by atomic mass is 16.5. The van der Waals surface area contributed by atoms with Crippen molar-refractivity contribution in [3.63, 3.8) is 0 Å². The number of nitrogens with zero attached hydrogens (tertiary/aromatic N) is 2. The van der Waals surface area contributed by atoms with E-state index in [1.807, 2.05) is 30.5 Å². The summed E-state index contributed by atoms with van der Waals surface area (Å²) < 4.78 is 5.77. The van der Waals surface area contributed by atoms with Gasteiger partial charge in [0, 0.05) is 31.4 Å². The number of rotatable bonds is 3. The molecule has 2 heterocycles. The molecule has 3 N–H and O–H groups in total. The molecule has 0 saturated heterocycles. The zero-order valence-corrected chi connectivity index (χ0v) is 11.2. The van der Waals surface area contributed by atoms with E-state index in [0.29, 0.717) is 12.4 Å². The Kier molecular flexibility index (Phi) is 3.80. The highest BCUT2D eigenvalue weighted by Gasteiger charge is 2.14. The molecule has 0 saturated carbocycles.